The molecular formula is C21H21N3O4S. The minimum absolute atomic E-state index is 0.0559. The van der Waals surface area contributed by atoms with Gasteiger partial charge in [-0.1, -0.05) is 48.5 Å². The number of benzene rings is 2. The van der Waals surface area contributed by atoms with Gasteiger partial charge in [-0.05, 0) is 17.7 Å². The highest BCUT2D eigenvalue weighted by Gasteiger charge is 2.19. The lowest BCUT2D eigenvalue weighted by atomic mass is 10.0. The van der Waals surface area contributed by atoms with E-state index >= 15 is 0 Å². The number of anilines is 1. The number of hydrogen-bond donors (Lipinski definition) is 1. The predicted molar refractivity (Wildman–Crippen MR) is 112 cm³/mol. The van der Waals surface area contributed by atoms with Crippen molar-refractivity contribution in [2.24, 2.45) is 0 Å². The summed E-state index contributed by atoms with van der Waals surface area (Å²) in [6.45, 7) is -0.307. The number of carbonyl (C=O) groups excluding carboxylic acids is 1. The fourth-order valence-electron chi connectivity index (χ4n) is 2.80. The molecule has 150 valence electrons. The van der Waals surface area contributed by atoms with Gasteiger partial charge in [-0.3, -0.25) is 9.59 Å². The van der Waals surface area contributed by atoms with Gasteiger partial charge in [-0.15, -0.1) is 0 Å². The average molecular weight is 411 g/mol. The standard InChI is InChI=1S/C21H21N3O4S/c1-23(2)29(27,28)17-12-13-21(26)24(14-17)15-20(25)22-19-11-7-6-10-18(19)16-8-4-3-5-9-16/h3-14H,15H2,1-2H3,(H,22,25). The number of para-hydroxylation sites is 1. The fourth-order valence-corrected chi connectivity index (χ4v) is 3.72. The van der Waals surface area contributed by atoms with E-state index in [9.17, 15) is 18.0 Å². The van der Waals surface area contributed by atoms with E-state index in [0.29, 0.717) is 5.69 Å². The summed E-state index contributed by atoms with van der Waals surface area (Å²) in [6.07, 6.45) is 1.18. The monoisotopic (exact) mass is 411 g/mol. The van der Waals surface area contributed by atoms with Gasteiger partial charge >= 0.3 is 0 Å². The largest absolute Gasteiger partial charge is 0.324 e. The van der Waals surface area contributed by atoms with Crippen molar-refractivity contribution in [2.75, 3.05) is 19.4 Å². The van der Waals surface area contributed by atoms with Crippen LogP contribution in [0.4, 0.5) is 5.69 Å². The summed E-state index contributed by atoms with van der Waals surface area (Å²) in [4.78, 5) is 24.6. The summed E-state index contributed by atoms with van der Waals surface area (Å²) in [5.74, 6) is -0.435. The maximum Gasteiger partial charge on any atom is 0.251 e. The Bertz CT molecular complexity index is 1190. The molecule has 7 nitrogen and oxygen atoms in total. The lowest BCUT2D eigenvalue weighted by Crippen LogP contribution is -2.29. The molecule has 0 aliphatic rings. The van der Waals surface area contributed by atoms with Crippen molar-refractivity contribution in [3.63, 3.8) is 0 Å². The smallest absolute Gasteiger partial charge is 0.251 e. The molecule has 1 aromatic heterocycles. The third kappa shape index (κ3) is 4.61. The SMILES string of the molecule is CN(C)S(=O)(=O)c1ccc(=O)n(CC(=O)Nc2ccccc2-c2ccccc2)c1. The van der Waals surface area contributed by atoms with Crippen LogP contribution in [0.2, 0.25) is 0 Å². The first-order chi connectivity index (χ1) is 13.8. The molecule has 8 heteroatoms. The number of nitrogens with one attached hydrogen (secondary N) is 1. The molecule has 0 bridgehead atoms. The average Bonchev–Trinajstić information content (AvgIpc) is 2.70. The molecule has 0 aliphatic heterocycles. The number of hydrogen-bond acceptors (Lipinski definition) is 4. The van der Waals surface area contributed by atoms with Gasteiger partial charge in [0.2, 0.25) is 15.9 Å². The molecule has 0 unspecified atom stereocenters. The predicted octanol–water partition coefficient (Wildman–Crippen LogP) is 2.40. The minimum atomic E-state index is -3.71. The van der Waals surface area contributed by atoms with Crippen molar-refractivity contribution in [1.82, 2.24) is 8.87 Å². The molecule has 2 aromatic carbocycles. The number of rotatable bonds is 6. The fraction of sp³-hybridized carbons (Fsp3) is 0.143. The second kappa shape index (κ2) is 8.42. The van der Waals surface area contributed by atoms with Crippen LogP contribution in [-0.2, 0) is 21.4 Å². The van der Waals surface area contributed by atoms with E-state index in [1.165, 1.54) is 26.4 Å². The van der Waals surface area contributed by atoms with Crippen LogP contribution in [0.15, 0.2) is 82.6 Å². The summed E-state index contributed by atoms with van der Waals surface area (Å²) in [5.41, 5.74) is 1.93. The van der Waals surface area contributed by atoms with E-state index in [-0.39, 0.29) is 11.4 Å². The number of amides is 1. The normalized spacial score (nSPS) is 11.4. The molecule has 1 heterocycles. The number of sulfonamides is 1. The summed E-state index contributed by atoms with van der Waals surface area (Å²) in [7, 11) is -0.910. The van der Waals surface area contributed by atoms with E-state index in [1.807, 2.05) is 42.5 Å². The van der Waals surface area contributed by atoms with Gasteiger partial charge in [0, 0.05) is 37.6 Å². The highest BCUT2D eigenvalue weighted by Crippen LogP contribution is 2.27. The Morgan fingerprint density at radius 2 is 1.62 bits per heavy atom. The zero-order valence-electron chi connectivity index (χ0n) is 16.1. The molecule has 0 spiro atoms. The minimum Gasteiger partial charge on any atom is -0.324 e. The molecule has 0 atom stereocenters. The van der Waals surface area contributed by atoms with Crippen molar-refractivity contribution in [1.29, 1.82) is 0 Å². The van der Waals surface area contributed by atoms with E-state index in [1.54, 1.807) is 12.1 Å². The third-order valence-electron chi connectivity index (χ3n) is 4.33. The summed E-state index contributed by atoms with van der Waals surface area (Å²) < 4.78 is 26.7. The maximum atomic E-state index is 12.6. The van der Waals surface area contributed by atoms with Gasteiger partial charge in [0.25, 0.3) is 5.56 Å². The van der Waals surface area contributed by atoms with Gasteiger partial charge in [-0.25, -0.2) is 12.7 Å². The van der Waals surface area contributed by atoms with Crippen LogP contribution in [0, 0.1) is 0 Å². The second-order valence-electron chi connectivity index (χ2n) is 6.58. The Hall–Kier alpha value is -3.23. The Morgan fingerprint density at radius 1 is 0.966 bits per heavy atom. The highest BCUT2D eigenvalue weighted by atomic mass is 32.2. The number of pyridine rings is 1. The molecule has 3 rings (SSSR count). The lowest BCUT2D eigenvalue weighted by Gasteiger charge is -2.14. The van der Waals surface area contributed by atoms with Crippen molar-refractivity contribution in [3.8, 4) is 11.1 Å². The molecule has 0 fully saturated rings. The Morgan fingerprint density at radius 3 is 2.31 bits per heavy atom. The highest BCUT2D eigenvalue weighted by molar-refractivity contribution is 7.89. The maximum absolute atomic E-state index is 12.6. The van der Waals surface area contributed by atoms with Gasteiger partial charge < -0.3 is 9.88 Å². The van der Waals surface area contributed by atoms with E-state index in [0.717, 1.165) is 26.1 Å². The van der Waals surface area contributed by atoms with Gasteiger partial charge in [0.15, 0.2) is 0 Å². The number of carbonyl (C=O) groups is 1. The zero-order chi connectivity index (χ0) is 21.0. The summed E-state index contributed by atoms with van der Waals surface area (Å²) >= 11 is 0. The van der Waals surface area contributed by atoms with Crippen molar-refractivity contribution < 1.29 is 13.2 Å². The Balaban J connectivity index is 1.85. The molecule has 29 heavy (non-hydrogen) atoms. The van der Waals surface area contributed by atoms with E-state index in [2.05, 4.69) is 5.32 Å². The van der Waals surface area contributed by atoms with Gasteiger partial charge in [-0.2, -0.15) is 0 Å². The molecule has 0 saturated carbocycles. The topological polar surface area (TPSA) is 88.5 Å². The van der Waals surface area contributed by atoms with E-state index in [4.69, 9.17) is 0 Å². The van der Waals surface area contributed by atoms with Crippen LogP contribution in [-0.4, -0.2) is 37.3 Å². The second-order valence-corrected chi connectivity index (χ2v) is 8.73. The van der Waals surface area contributed by atoms with Crippen molar-refractivity contribution in [3.05, 3.63) is 83.3 Å². The zero-order valence-corrected chi connectivity index (χ0v) is 16.9. The Labute approximate surface area is 169 Å². The van der Waals surface area contributed by atoms with Crippen LogP contribution in [0.1, 0.15) is 0 Å². The number of aromatic nitrogens is 1. The third-order valence-corrected chi connectivity index (χ3v) is 6.13. The van der Waals surface area contributed by atoms with Crippen LogP contribution >= 0.6 is 0 Å². The van der Waals surface area contributed by atoms with Gasteiger partial charge in [0.05, 0.1) is 4.90 Å². The first kappa shape index (κ1) is 20.5. The quantitative estimate of drug-likeness (QED) is 0.675. The van der Waals surface area contributed by atoms with Gasteiger partial charge in [0.1, 0.15) is 6.54 Å². The van der Waals surface area contributed by atoms with Crippen LogP contribution in [0.25, 0.3) is 11.1 Å². The molecule has 0 radical (unpaired) electrons. The molecule has 1 N–H and O–H groups in total. The van der Waals surface area contributed by atoms with Crippen LogP contribution in [0.5, 0.6) is 0 Å². The first-order valence-corrected chi connectivity index (χ1v) is 10.3. The Kier molecular flexibility index (Phi) is 5.95. The summed E-state index contributed by atoms with van der Waals surface area (Å²) in [5, 5.41) is 2.81. The molecular weight excluding hydrogens is 390 g/mol. The van der Waals surface area contributed by atoms with Crippen LogP contribution < -0.4 is 10.9 Å². The van der Waals surface area contributed by atoms with E-state index < -0.39 is 21.5 Å². The first-order valence-electron chi connectivity index (χ1n) is 8.86. The van der Waals surface area contributed by atoms with Crippen molar-refractivity contribution in [2.45, 2.75) is 11.4 Å². The summed E-state index contributed by atoms with van der Waals surface area (Å²) in [6, 6.07) is 19.3. The van der Waals surface area contributed by atoms with Crippen molar-refractivity contribution >= 4 is 21.6 Å². The molecule has 1 amide bonds. The number of nitrogens with zero attached hydrogens (tertiary/aromatic N) is 2. The molecule has 0 saturated heterocycles. The molecule has 0 aliphatic carbocycles. The molecule has 3 aromatic rings. The lowest BCUT2D eigenvalue weighted by molar-refractivity contribution is -0.116. The van der Waals surface area contributed by atoms with Crippen LogP contribution in [0.3, 0.4) is 0 Å².